The van der Waals surface area contributed by atoms with E-state index in [0.717, 1.165) is 15.7 Å². The molecule has 1 fully saturated rings. The predicted molar refractivity (Wildman–Crippen MR) is 134 cm³/mol. The van der Waals surface area contributed by atoms with Crippen molar-refractivity contribution in [3.05, 3.63) is 97.8 Å². The minimum atomic E-state index is -0.197. The summed E-state index contributed by atoms with van der Waals surface area (Å²) in [4.78, 5) is 20.4. The molecular formula is C24H18Br2N2O2S. The number of aliphatic imine (C=N–C) groups is 1. The molecule has 3 aromatic rings. The van der Waals surface area contributed by atoms with Crippen LogP contribution in [-0.4, -0.2) is 21.1 Å². The Morgan fingerprint density at radius 1 is 1.03 bits per heavy atom. The van der Waals surface area contributed by atoms with Crippen LogP contribution >= 0.6 is 43.6 Å². The number of amidine groups is 1. The van der Waals surface area contributed by atoms with Gasteiger partial charge in [0, 0.05) is 10.0 Å². The van der Waals surface area contributed by atoms with Gasteiger partial charge in [-0.25, -0.2) is 4.99 Å². The largest absolute Gasteiger partial charge is 0.506 e. The van der Waals surface area contributed by atoms with E-state index in [1.807, 2.05) is 67.6 Å². The summed E-state index contributed by atoms with van der Waals surface area (Å²) < 4.78 is 1.35. The number of phenols is 1. The van der Waals surface area contributed by atoms with E-state index in [4.69, 9.17) is 4.99 Å². The fraction of sp³-hybridized carbons (Fsp3) is 0.0833. The van der Waals surface area contributed by atoms with Crippen molar-refractivity contribution in [2.24, 2.45) is 4.99 Å². The molecule has 1 amide bonds. The van der Waals surface area contributed by atoms with Crippen LogP contribution in [0.4, 0.5) is 5.69 Å². The third-order valence-corrected chi connectivity index (χ3v) is 6.88. The summed E-state index contributed by atoms with van der Waals surface area (Å²) in [5, 5.41) is 11.1. The van der Waals surface area contributed by atoms with Gasteiger partial charge in [0.15, 0.2) is 5.17 Å². The zero-order valence-corrected chi connectivity index (χ0v) is 20.5. The highest BCUT2D eigenvalue weighted by atomic mass is 79.9. The molecule has 1 atom stereocenters. The van der Waals surface area contributed by atoms with Crippen molar-refractivity contribution >= 4 is 66.5 Å². The van der Waals surface area contributed by atoms with Gasteiger partial charge >= 0.3 is 0 Å². The molecule has 0 saturated carbocycles. The number of carbonyl (C=O) groups is 1. The summed E-state index contributed by atoms with van der Waals surface area (Å²) in [5.41, 5.74) is 2.34. The van der Waals surface area contributed by atoms with Gasteiger partial charge in [-0.2, -0.15) is 0 Å². The van der Waals surface area contributed by atoms with Gasteiger partial charge in [-0.1, -0.05) is 64.5 Å². The molecule has 3 aromatic carbocycles. The Balaban J connectivity index is 1.78. The molecule has 4 rings (SSSR count). The number of nitrogens with zero attached hydrogens (tertiary/aromatic N) is 2. The van der Waals surface area contributed by atoms with Crippen LogP contribution in [-0.2, 0) is 4.79 Å². The second-order valence-electron chi connectivity index (χ2n) is 6.93. The van der Waals surface area contributed by atoms with Crippen molar-refractivity contribution in [1.82, 2.24) is 4.90 Å². The van der Waals surface area contributed by atoms with Gasteiger partial charge < -0.3 is 5.11 Å². The molecule has 0 radical (unpaired) electrons. The van der Waals surface area contributed by atoms with Crippen molar-refractivity contribution in [1.29, 1.82) is 0 Å². The molecule has 156 valence electrons. The molecule has 1 aliphatic rings. The summed E-state index contributed by atoms with van der Waals surface area (Å²) in [6.07, 6.45) is 1.70. The number of halogens is 2. The molecule has 0 aromatic heterocycles. The highest BCUT2D eigenvalue weighted by molar-refractivity contribution is 9.11. The van der Waals surface area contributed by atoms with Crippen LogP contribution in [0.3, 0.4) is 0 Å². The molecule has 1 aliphatic heterocycles. The number of amides is 1. The van der Waals surface area contributed by atoms with E-state index in [-0.39, 0.29) is 17.7 Å². The lowest BCUT2D eigenvalue weighted by atomic mass is 10.1. The van der Waals surface area contributed by atoms with Gasteiger partial charge in [0.25, 0.3) is 5.91 Å². The first-order valence-electron chi connectivity index (χ1n) is 9.54. The molecule has 7 heteroatoms. The Bertz CT molecular complexity index is 1180. The third kappa shape index (κ3) is 4.79. The average molecular weight is 558 g/mol. The summed E-state index contributed by atoms with van der Waals surface area (Å²) in [6, 6.07) is 22.8. The number of hydrogen-bond acceptors (Lipinski definition) is 4. The van der Waals surface area contributed by atoms with Crippen LogP contribution in [0.2, 0.25) is 0 Å². The van der Waals surface area contributed by atoms with Crippen molar-refractivity contribution in [2.75, 3.05) is 0 Å². The molecule has 1 N–H and O–H groups in total. The Morgan fingerprint density at radius 2 is 1.68 bits per heavy atom. The number of rotatable bonds is 4. The maximum Gasteiger partial charge on any atom is 0.267 e. The molecule has 0 spiro atoms. The number of hydrogen-bond donors (Lipinski definition) is 1. The smallest absolute Gasteiger partial charge is 0.267 e. The summed E-state index contributed by atoms with van der Waals surface area (Å²) in [7, 11) is 0. The third-order valence-electron chi connectivity index (χ3n) is 4.83. The van der Waals surface area contributed by atoms with Gasteiger partial charge in [-0.3, -0.25) is 9.69 Å². The molecule has 0 unspecified atom stereocenters. The van der Waals surface area contributed by atoms with Gasteiger partial charge in [0.1, 0.15) is 5.75 Å². The lowest BCUT2D eigenvalue weighted by Gasteiger charge is -2.24. The summed E-state index contributed by atoms with van der Waals surface area (Å²) >= 11 is 8.09. The van der Waals surface area contributed by atoms with Crippen molar-refractivity contribution in [3.8, 4) is 5.75 Å². The number of carbonyl (C=O) groups excluding carboxylic acids is 1. The molecule has 0 bridgehead atoms. The molecule has 0 aliphatic carbocycles. The first-order chi connectivity index (χ1) is 14.9. The second-order valence-corrected chi connectivity index (χ2v) is 9.71. The lowest BCUT2D eigenvalue weighted by Crippen LogP contribution is -2.32. The maximum atomic E-state index is 13.5. The van der Waals surface area contributed by atoms with Gasteiger partial charge in [0.05, 0.1) is 21.1 Å². The fourth-order valence-corrected chi connectivity index (χ4v) is 5.55. The zero-order valence-electron chi connectivity index (χ0n) is 16.5. The second kappa shape index (κ2) is 9.42. The van der Waals surface area contributed by atoms with Crippen LogP contribution in [0.15, 0.2) is 91.6 Å². The minimum Gasteiger partial charge on any atom is -0.506 e. The lowest BCUT2D eigenvalue weighted by molar-refractivity contribution is -0.123. The number of thioether (sulfide) groups is 1. The van der Waals surface area contributed by atoms with E-state index in [2.05, 4.69) is 31.9 Å². The van der Waals surface area contributed by atoms with E-state index < -0.39 is 0 Å². The molecule has 1 saturated heterocycles. The molecule has 31 heavy (non-hydrogen) atoms. The highest BCUT2D eigenvalue weighted by Gasteiger charge is 2.37. The molecular weight excluding hydrogens is 540 g/mol. The van der Waals surface area contributed by atoms with Crippen LogP contribution in [0.1, 0.15) is 24.1 Å². The predicted octanol–water partition coefficient (Wildman–Crippen LogP) is 7.28. The average Bonchev–Trinajstić information content (AvgIpc) is 3.07. The SMILES string of the molecule is C[C@@H](c1ccccc1)N1C(=O)/C(=C\c2cc(Br)cc(Br)c2O)SC1=Nc1ccccc1. The molecule has 4 nitrogen and oxygen atoms in total. The number of aromatic hydroxyl groups is 1. The number of phenolic OH excluding ortho intramolecular Hbond substituents is 1. The number of benzene rings is 3. The van der Waals surface area contributed by atoms with E-state index >= 15 is 0 Å². The monoisotopic (exact) mass is 556 g/mol. The first-order valence-corrected chi connectivity index (χ1v) is 11.9. The van der Waals surface area contributed by atoms with Crippen LogP contribution in [0, 0.1) is 0 Å². The Labute approximate surface area is 202 Å². The Morgan fingerprint density at radius 3 is 2.35 bits per heavy atom. The van der Waals surface area contributed by atoms with Gasteiger partial charge in [-0.05, 0) is 70.5 Å². The number of para-hydroxylation sites is 1. The summed E-state index contributed by atoms with van der Waals surface area (Å²) in [5.74, 6) is -0.0632. The highest BCUT2D eigenvalue weighted by Crippen LogP contribution is 2.41. The Kier molecular flexibility index (Phi) is 6.65. The van der Waals surface area contributed by atoms with Crippen molar-refractivity contribution in [2.45, 2.75) is 13.0 Å². The van der Waals surface area contributed by atoms with Crippen LogP contribution in [0.5, 0.6) is 5.75 Å². The van der Waals surface area contributed by atoms with E-state index in [9.17, 15) is 9.90 Å². The van der Waals surface area contributed by atoms with Crippen LogP contribution < -0.4 is 0 Å². The Hall–Kier alpha value is -2.35. The van der Waals surface area contributed by atoms with Gasteiger partial charge in [-0.15, -0.1) is 0 Å². The van der Waals surface area contributed by atoms with E-state index in [0.29, 0.717) is 20.1 Å². The standard InChI is InChI=1S/C24H18Br2N2O2S/c1-15(16-8-4-2-5-9-16)28-23(30)21(13-17-12-18(25)14-20(26)22(17)29)31-24(28)27-19-10-6-3-7-11-19/h2-15,29H,1H3/b21-13+,27-24?/t15-/m0/s1. The van der Waals surface area contributed by atoms with E-state index in [1.165, 1.54) is 11.8 Å². The zero-order chi connectivity index (χ0) is 22.0. The minimum absolute atomic E-state index is 0.0835. The van der Waals surface area contributed by atoms with E-state index in [1.54, 1.807) is 23.1 Å². The quantitative estimate of drug-likeness (QED) is 0.343. The first kappa shape index (κ1) is 21.9. The summed E-state index contributed by atoms with van der Waals surface area (Å²) in [6.45, 7) is 1.99. The van der Waals surface area contributed by atoms with Crippen molar-refractivity contribution in [3.63, 3.8) is 0 Å². The van der Waals surface area contributed by atoms with Crippen molar-refractivity contribution < 1.29 is 9.90 Å². The maximum absolute atomic E-state index is 13.5. The topological polar surface area (TPSA) is 52.9 Å². The fourth-order valence-electron chi connectivity index (χ4n) is 3.24. The van der Waals surface area contributed by atoms with Crippen LogP contribution in [0.25, 0.3) is 6.08 Å². The normalized spacial score (nSPS) is 17.5. The molecule has 1 heterocycles. The van der Waals surface area contributed by atoms with Gasteiger partial charge in [0.2, 0.25) is 0 Å².